The minimum absolute atomic E-state index is 0.00906. The molecule has 1 aromatic heterocycles. The minimum atomic E-state index is -0.549. The van der Waals surface area contributed by atoms with Crippen LogP contribution in [-0.2, 0) is 0 Å². The Bertz CT molecular complexity index is 605. The van der Waals surface area contributed by atoms with E-state index in [1.165, 1.54) is 25.6 Å². The van der Waals surface area contributed by atoms with E-state index in [9.17, 15) is 9.18 Å². The Kier molecular flexibility index (Phi) is 3.53. The number of hydrogen-bond donors (Lipinski definition) is 0. The topological polar surface area (TPSA) is 52.1 Å². The van der Waals surface area contributed by atoms with Gasteiger partial charge in [-0.15, -0.1) is 0 Å². The van der Waals surface area contributed by atoms with E-state index in [0.717, 1.165) is 0 Å². The Balaban J connectivity index is 2.62. The van der Waals surface area contributed by atoms with Gasteiger partial charge in [-0.1, -0.05) is 11.6 Å². The minimum Gasteiger partial charge on any atom is -0.497 e. The van der Waals surface area contributed by atoms with Crippen molar-refractivity contribution < 1.29 is 13.9 Å². The number of nitrogens with zero attached hydrogens (tertiary/aromatic N) is 2. The summed E-state index contributed by atoms with van der Waals surface area (Å²) >= 11 is 5.76. The van der Waals surface area contributed by atoms with Crippen molar-refractivity contribution in [3.63, 3.8) is 0 Å². The zero-order chi connectivity index (χ0) is 13.1. The molecule has 2 rings (SSSR count). The number of ether oxygens (including phenoxy) is 1. The molecule has 0 aliphatic heterocycles. The summed E-state index contributed by atoms with van der Waals surface area (Å²) in [5.74, 6) is -0.170. The molecule has 0 saturated heterocycles. The molecule has 0 spiro atoms. The molecule has 0 amide bonds. The van der Waals surface area contributed by atoms with Crippen molar-refractivity contribution in [3.8, 4) is 17.0 Å². The first kappa shape index (κ1) is 12.4. The van der Waals surface area contributed by atoms with Gasteiger partial charge in [0.1, 0.15) is 23.0 Å². The first-order valence-electron chi connectivity index (χ1n) is 4.97. The molecule has 18 heavy (non-hydrogen) atoms. The van der Waals surface area contributed by atoms with Gasteiger partial charge in [0.15, 0.2) is 6.29 Å². The van der Waals surface area contributed by atoms with Gasteiger partial charge >= 0.3 is 0 Å². The van der Waals surface area contributed by atoms with E-state index in [1.54, 1.807) is 6.07 Å². The lowest BCUT2D eigenvalue weighted by atomic mass is 10.1. The van der Waals surface area contributed by atoms with Crippen LogP contribution in [0, 0.1) is 5.82 Å². The lowest BCUT2D eigenvalue weighted by Gasteiger charge is -2.07. The Morgan fingerprint density at radius 2 is 2.17 bits per heavy atom. The molecule has 0 atom stereocenters. The summed E-state index contributed by atoms with van der Waals surface area (Å²) in [6.45, 7) is 0. The van der Waals surface area contributed by atoms with Crippen molar-refractivity contribution in [1.29, 1.82) is 0 Å². The molecule has 0 bridgehead atoms. The lowest BCUT2D eigenvalue weighted by molar-refractivity contribution is 0.112. The van der Waals surface area contributed by atoms with Gasteiger partial charge in [0, 0.05) is 11.6 Å². The Morgan fingerprint density at radius 3 is 2.78 bits per heavy atom. The summed E-state index contributed by atoms with van der Waals surface area (Å²) in [6, 6.07) is 4.25. The smallest absolute Gasteiger partial charge is 0.155 e. The van der Waals surface area contributed by atoms with E-state index in [0.29, 0.717) is 12.0 Å². The van der Waals surface area contributed by atoms with Crippen LogP contribution in [0.2, 0.25) is 5.15 Å². The summed E-state index contributed by atoms with van der Waals surface area (Å²) < 4.78 is 18.8. The Labute approximate surface area is 107 Å². The average Bonchev–Trinajstić information content (AvgIpc) is 2.38. The fourth-order valence-corrected chi connectivity index (χ4v) is 1.69. The third-order valence-corrected chi connectivity index (χ3v) is 2.69. The standard InChI is InChI=1S/C12H8ClFN2O2/c1-18-7-2-3-8(10(14)4-7)11-9(5-17)12(13)16-6-15-11/h2-6H,1H3. The number of hydrogen-bond acceptors (Lipinski definition) is 4. The van der Waals surface area contributed by atoms with Crippen LogP contribution in [0.5, 0.6) is 5.75 Å². The summed E-state index contributed by atoms with van der Waals surface area (Å²) in [6.07, 6.45) is 1.68. The molecule has 0 fully saturated rings. The molecular formula is C12H8ClFN2O2. The number of benzene rings is 1. The number of methoxy groups -OCH3 is 1. The molecule has 1 heterocycles. The predicted octanol–water partition coefficient (Wildman–Crippen LogP) is 2.76. The summed E-state index contributed by atoms with van der Waals surface area (Å²) in [4.78, 5) is 18.5. The van der Waals surface area contributed by atoms with Crippen molar-refractivity contribution in [2.24, 2.45) is 0 Å². The quantitative estimate of drug-likeness (QED) is 0.633. The number of carbonyl (C=O) groups excluding carboxylic acids is 1. The number of halogens is 2. The maximum atomic E-state index is 13.9. The zero-order valence-electron chi connectivity index (χ0n) is 9.35. The van der Waals surface area contributed by atoms with Gasteiger partial charge in [0.2, 0.25) is 0 Å². The first-order valence-corrected chi connectivity index (χ1v) is 5.34. The highest BCUT2D eigenvalue weighted by atomic mass is 35.5. The SMILES string of the molecule is COc1ccc(-c2ncnc(Cl)c2C=O)c(F)c1. The summed E-state index contributed by atoms with van der Waals surface area (Å²) in [7, 11) is 1.44. The second kappa shape index (κ2) is 5.10. The van der Waals surface area contributed by atoms with Crippen LogP contribution >= 0.6 is 11.6 Å². The van der Waals surface area contributed by atoms with E-state index >= 15 is 0 Å². The van der Waals surface area contributed by atoms with Crippen LogP contribution in [0.25, 0.3) is 11.3 Å². The zero-order valence-corrected chi connectivity index (χ0v) is 10.1. The van der Waals surface area contributed by atoms with Crippen LogP contribution in [0.3, 0.4) is 0 Å². The second-order valence-corrected chi connectivity index (χ2v) is 3.75. The van der Waals surface area contributed by atoms with Gasteiger partial charge in [0.05, 0.1) is 18.4 Å². The lowest BCUT2D eigenvalue weighted by Crippen LogP contribution is -1.97. The molecule has 0 aliphatic rings. The highest BCUT2D eigenvalue weighted by molar-refractivity contribution is 6.32. The normalized spacial score (nSPS) is 10.2. The van der Waals surface area contributed by atoms with Crippen molar-refractivity contribution >= 4 is 17.9 Å². The molecule has 92 valence electrons. The van der Waals surface area contributed by atoms with Crippen molar-refractivity contribution in [2.45, 2.75) is 0 Å². The predicted molar refractivity (Wildman–Crippen MR) is 64.4 cm³/mol. The van der Waals surface area contributed by atoms with E-state index in [4.69, 9.17) is 16.3 Å². The van der Waals surface area contributed by atoms with Crippen LogP contribution in [0.15, 0.2) is 24.5 Å². The summed E-state index contributed by atoms with van der Waals surface area (Å²) in [5.41, 5.74) is 0.385. The second-order valence-electron chi connectivity index (χ2n) is 3.39. The van der Waals surface area contributed by atoms with Crippen molar-refractivity contribution in [1.82, 2.24) is 9.97 Å². The van der Waals surface area contributed by atoms with Crippen LogP contribution in [0.1, 0.15) is 10.4 Å². The van der Waals surface area contributed by atoms with E-state index in [2.05, 4.69) is 9.97 Å². The number of aromatic nitrogens is 2. The maximum absolute atomic E-state index is 13.9. The molecule has 0 radical (unpaired) electrons. The van der Waals surface area contributed by atoms with Gasteiger partial charge in [-0.3, -0.25) is 4.79 Å². The van der Waals surface area contributed by atoms with Crippen molar-refractivity contribution in [2.75, 3.05) is 7.11 Å². The van der Waals surface area contributed by atoms with Gasteiger partial charge in [-0.05, 0) is 12.1 Å². The van der Waals surface area contributed by atoms with E-state index in [1.807, 2.05) is 0 Å². The maximum Gasteiger partial charge on any atom is 0.155 e. The van der Waals surface area contributed by atoms with Gasteiger partial charge in [-0.2, -0.15) is 0 Å². The number of aldehydes is 1. The summed E-state index contributed by atoms with van der Waals surface area (Å²) in [5, 5.41) is -0.00906. The molecule has 4 nitrogen and oxygen atoms in total. The van der Waals surface area contributed by atoms with Crippen molar-refractivity contribution in [3.05, 3.63) is 41.1 Å². The molecule has 1 aromatic carbocycles. The Hall–Kier alpha value is -2.01. The highest BCUT2D eigenvalue weighted by Crippen LogP contribution is 2.28. The molecule has 0 unspecified atom stereocenters. The first-order chi connectivity index (χ1) is 8.67. The van der Waals surface area contributed by atoms with Crippen LogP contribution < -0.4 is 4.74 Å². The monoisotopic (exact) mass is 266 g/mol. The molecule has 0 aliphatic carbocycles. The molecule has 2 aromatic rings. The van der Waals surface area contributed by atoms with Gasteiger partial charge in [-0.25, -0.2) is 14.4 Å². The van der Waals surface area contributed by atoms with Gasteiger partial charge in [0.25, 0.3) is 0 Å². The number of carbonyl (C=O) groups is 1. The highest BCUT2D eigenvalue weighted by Gasteiger charge is 2.15. The van der Waals surface area contributed by atoms with E-state index < -0.39 is 5.82 Å². The van der Waals surface area contributed by atoms with Crippen LogP contribution in [0.4, 0.5) is 4.39 Å². The Morgan fingerprint density at radius 1 is 1.39 bits per heavy atom. The molecular weight excluding hydrogens is 259 g/mol. The fraction of sp³-hybridized carbons (Fsp3) is 0.0833. The number of rotatable bonds is 3. The third kappa shape index (κ3) is 2.17. The van der Waals surface area contributed by atoms with Gasteiger partial charge < -0.3 is 4.74 Å². The molecule has 0 N–H and O–H groups in total. The largest absolute Gasteiger partial charge is 0.497 e. The third-order valence-electron chi connectivity index (χ3n) is 2.38. The fourth-order valence-electron chi connectivity index (χ4n) is 1.51. The van der Waals surface area contributed by atoms with E-state index in [-0.39, 0.29) is 22.0 Å². The molecule has 0 saturated carbocycles. The average molecular weight is 267 g/mol. The molecule has 6 heteroatoms. The van der Waals surface area contributed by atoms with Crippen LogP contribution in [-0.4, -0.2) is 23.4 Å².